The summed E-state index contributed by atoms with van der Waals surface area (Å²) in [5.74, 6) is -2.01. The largest absolute Gasteiger partial charge is 0.490 e. The van der Waals surface area contributed by atoms with E-state index in [2.05, 4.69) is 15.6 Å². The molecule has 2 heterocycles. The summed E-state index contributed by atoms with van der Waals surface area (Å²) in [7, 11) is 0. The highest BCUT2D eigenvalue weighted by molar-refractivity contribution is 6.31. The van der Waals surface area contributed by atoms with Crippen molar-refractivity contribution in [2.75, 3.05) is 18.4 Å². The predicted molar refractivity (Wildman–Crippen MR) is 94.7 cm³/mol. The fourth-order valence-corrected chi connectivity index (χ4v) is 2.66. The molecular weight excluding hydrogens is 387 g/mol. The second kappa shape index (κ2) is 9.01. The Morgan fingerprint density at radius 1 is 1.19 bits per heavy atom. The molecule has 1 saturated heterocycles. The third-order valence-electron chi connectivity index (χ3n) is 3.85. The number of anilines is 1. The molecule has 2 aromatic rings. The highest BCUT2D eigenvalue weighted by Gasteiger charge is 2.38. The number of aliphatic carboxylic acids is 1. The summed E-state index contributed by atoms with van der Waals surface area (Å²) in [6, 6.07) is 9.26. The van der Waals surface area contributed by atoms with Gasteiger partial charge in [-0.05, 0) is 56.3 Å². The lowest BCUT2D eigenvalue weighted by molar-refractivity contribution is -0.192. The van der Waals surface area contributed by atoms with Crippen molar-refractivity contribution < 1.29 is 27.9 Å². The van der Waals surface area contributed by atoms with Gasteiger partial charge in [-0.2, -0.15) is 13.2 Å². The molecule has 0 atom stereocenters. The summed E-state index contributed by atoms with van der Waals surface area (Å²) < 4.78 is 31.7. The Labute approximate surface area is 157 Å². The molecule has 1 aromatic carbocycles. The van der Waals surface area contributed by atoms with Crippen molar-refractivity contribution in [3.63, 3.8) is 0 Å². The fraction of sp³-hybridized carbons (Fsp3) is 0.353. The van der Waals surface area contributed by atoms with Crippen LogP contribution in [0.3, 0.4) is 0 Å². The third kappa shape index (κ3) is 6.37. The van der Waals surface area contributed by atoms with E-state index >= 15 is 0 Å². The lowest BCUT2D eigenvalue weighted by atomic mass is 9.97. The number of carboxylic acids is 1. The number of carbonyl (C=O) groups is 2. The van der Waals surface area contributed by atoms with Crippen molar-refractivity contribution >= 4 is 40.2 Å². The Morgan fingerprint density at radius 2 is 1.81 bits per heavy atom. The van der Waals surface area contributed by atoms with Gasteiger partial charge in [-0.3, -0.25) is 4.79 Å². The van der Waals surface area contributed by atoms with E-state index in [0.29, 0.717) is 10.8 Å². The number of piperidine rings is 1. The van der Waals surface area contributed by atoms with Crippen molar-refractivity contribution in [2.24, 2.45) is 5.92 Å². The van der Waals surface area contributed by atoms with Crippen LogP contribution in [0.1, 0.15) is 12.8 Å². The van der Waals surface area contributed by atoms with Crippen LogP contribution >= 0.6 is 11.6 Å². The number of amides is 1. The van der Waals surface area contributed by atoms with Gasteiger partial charge in [-0.25, -0.2) is 9.78 Å². The van der Waals surface area contributed by atoms with Crippen molar-refractivity contribution in [2.45, 2.75) is 19.0 Å². The molecule has 0 saturated carbocycles. The molecule has 1 aliphatic heterocycles. The molecule has 146 valence electrons. The van der Waals surface area contributed by atoms with Gasteiger partial charge >= 0.3 is 12.1 Å². The van der Waals surface area contributed by atoms with E-state index in [1.165, 1.54) is 0 Å². The predicted octanol–water partition coefficient (Wildman–Crippen LogP) is 3.46. The first kappa shape index (κ1) is 20.9. The van der Waals surface area contributed by atoms with Crippen LogP contribution in [0.4, 0.5) is 19.0 Å². The molecule has 0 radical (unpaired) electrons. The fourth-order valence-electron chi connectivity index (χ4n) is 2.48. The number of hydrogen-bond acceptors (Lipinski definition) is 4. The standard InChI is InChI=1S/C15H16ClN3O.C2HF3O2/c16-12-2-3-13-11(9-12)1-4-14(18-13)19-15(20)10-5-7-17-8-6-10;3-2(4,5)1(6)7/h1-4,9-10,17H,5-8H2,(H,18,19,20);(H,6,7). The Kier molecular flexibility index (Phi) is 6.98. The van der Waals surface area contributed by atoms with Gasteiger partial charge in [-0.1, -0.05) is 11.6 Å². The molecule has 1 aliphatic rings. The Hall–Kier alpha value is -2.39. The van der Waals surface area contributed by atoms with Crippen molar-refractivity contribution in [1.82, 2.24) is 10.3 Å². The minimum Gasteiger partial charge on any atom is -0.475 e. The van der Waals surface area contributed by atoms with E-state index in [1.807, 2.05) is 24.3 Å². The van der Waals surface area contributed by atoms with E-state index in [0.717, 1.165) is 36.8 Å². The van der Waals surface area contributed by atoms with Crippen molar-refractivity contribution in [3.8, 4) is 0 Å². The highest BCUT2D eigenvalue weighted by Crippen LogP contribution is 2.21. The number of rotatable bonds is 2. The topological polar surface area (TPSA) is 91.3 Å². The zero-order valence-electron chi connectivity index (χ0n) is 14.0. The maximum atomic E-state index is 12.2. The summed E-state index contributed by atoms with van der Waals surface area (Å²) in [6.45, 7) is 1.81. The van der Waals surface area contributed by atoms with Gasteiger partial charge in [0, 0.05) is 16.3 Å². The van der Waals surface area contributed by atoms with E-state index in [-0.39, 0.29) is 11.8 Å². The lowest BCUT2D eigenvalue weighted by Gasteiger charge is -2.21. The summed E-state index contributed by atoms with van der Waals surface area (Å²) in [5, 5.41) is 14.9. The van der Waals surface area contributed by atoms with Crippen molar-refractivity contribution in [1.29, 1.82) is 0 Å². The molecule has 27 heavy (non-hydrogen) atoms. The van der Waals surface area contributed by atoms with Crippen molar-refractivity contribution in [3.05, 3.63) is 35.4 Å². The van der Waals surface area contributed by atoms with E-state index in [1.54, 1.807) is 6.07 Å². The van der Waals surface area contributed by atoms with Crippen LogP contribution in [0.15, 0.2) is 30.3 Å². The van der Waals surface area contributed by atoms with Gasteiger partial charge in [0.2, 0.25) is 5.91 Å². The van der Waals surface area contributed by atoms with Crippen LogP contribution in [-0.2, 0) is 9.59 Å². The van der Waals surface area contributed by atoms with Gasteiger partial charge in [0.05, 0.1) is 5.52 Å². The first-order chi connectivity index (χ1) is 12.7. The van der Waals surface area contributed by atoms with Gasteiger partial charge < -0.3 is 15.7 Å². The molecular formula is C17H17ClF3N3O3. The monoisotopic (exact) mass is 403 g/mol. The number of nitrogens with zero attached hydrogens (tertiary/aromatic N) is 1. The smallest absolute Gasteiger partial charge is 0.475 e. The zero-order chi connectivity index (χ0) is 20.0. The maximum Gasteiger partial charge on any atom is 0.490 e. The Morgan fingerprint density at radius 3 is 2.41 bits per heavy atom. The Bertz CT molecular complexity index is 824. The maximum absolute atomic E-state index is 12.2. The molecule has 3 N–H and O–H groups in total. The Balaban J connectivity index is 0.000000321. The number of pyridine rings is 1. The zero-order valence-corrected chi connectivity index (χ0v) is 14.8. The number of fused-ring (bicyclic) bond motifs is 1. The van der Waals surface area contributed by atoms with Crippen LogP contribution in [0.5, 0.6) is 0 Å². The minimum atomic E-state index is -5.08. The summed E-state index contributed by atoms with van der Waals surface area (Å²) >= 11 is 5.94. The average molecular weight is 404 g/mol. The SMILES string of the molecule is O=C(Nc1ccc2cc(Cl)ccc2n1)C1CCNCC1.O=C(O)C(F)(F)F. The third-order valence-corrected chi connectivity index (χ3v) is 4.09. The first-order valence-corrected chi connectivity index (χ1v) is 8.42. The highest BCUT2D eigenvalue weighted by atomic mass is 35.5. The molecule has 0 aliphatic carbocycles. The summed E-state index contributed by atoms with van der Waals surface area (Å²) in [5.41, 5.74) is 0.831. The number of alkyl halides is 3. The molecule has 6 nitrogen and oxygen atoms in total. The number of aromatic nitrogens is 1. The average Bonchev–Trinajstić information content (AvgIpc) is 2.62. The van der Waals surface area contributed by atoms with Gasteiger partial charge in [0.1, 0.15) is 5.82 Å². The molecule has 3 rings (SSSR count). The van der Waals surface area contributed by atoms with E-state index in [9.17, 15) is 18.0 Å². The van der Waals surface area contributed by atoms with Crippen LogP contribution < -0.4 is 10.6 Å². The quantitative estimate of drug-likeness (QED) is 0.714. The lowest BCUT2D eigenvalue weighted by Crippen LogP contribution is -2.34. The summed E-state index contributed by atoms with van der Waals surface area (Å²) in [4.78, 5) is 25.5. The summed E-state index contributed by atoms with van der Waals surface area (Å²) in [6.07, 6.45) is -3.32. The first-order valence-electron chi connectivity index (χ1n) is 8.05. The van der Waals surface area contributed by atoms with Crippen LogP contribution in [0.2, 0.25) is 5.02 Å². The minimum absolute atomic E-state index is 0.0623. The van der Waals surface area contributed by atoms with Gasteiger partial charge in [-0.15, -0.1) is 0 Å². The van der Waals surface area contributed by atoms with Gasteiger partial charge in [0.25, 0.3) is 0 Å². The molecule has 10 heteroatoms. The second-order valence-electron chi connectivity index (χ2n) is 5.85. The van der Waals surface area contributed by atoms with Gasteiger partial charge in [0.15, 0.2) is 0 Å². The molecule has 0 spiro atoms. The number of halogens is 4. The molecule has 1 amide bonds. The number of carboxylic acid groups (broad SMARTS) is 1. The number of benzene rings is 1. The normalized spacial score (nSPS) is 15.0. The molecule has 1 aromatic heterocycles. The number of nitrogens with one attached hydrogen (secondary N) is 2. The van der Waals surface area contributed by atoms with Crippen LogP contribution in [0, 0.1) is 5.92 Å². The number of hydrogen-bond donors (Lipinski definition) is 3. The van der Waals surface area contributed by atoms with Crippen LogP contribution in [0.25, 0.3) is 10.9 Å². The van der Waals surface area contributed by atoms with E-state index in [4.69, 9.17) is 21.5 Å². The second-order valence-corrected chi connectivity index (χ2v) is 6.29. The molecule has 1 fully saturated rings. The van der Waals surface area contributed by atoms with E-state index < -0.39 is 12.1 Å². The number of carbonyl (C=O) groups excluding carboxylic acids is 1. The van der Waals surface area contributed by atoms with Crippen LogP contribution in [-0.4, -0.2) is 41.2 Å². The molecule has 0 bridgehead atoms. The molecule has 0 unspecified atom stereocenters.